The minimum Gasteiger partial charge on any atom is -0.480 e. The molecule has 1 fully saturated rings. The third-order valence-electron chi connectivity index (χ3n) is 4.26. The second-order valence-corrected chi connectivity index (χ2v) is 6.71. The number of nitrogens with one attached hydrogen (secondary N) is 2. The Bertz CT molecular complexity index is 834. The monoisotopic (exact) mass is 392 g/mol. The summed E-state index contributed by atoms with van der Waals surface area (Å²) in [5.41, 5.74) is 1.42. The van der Waals surface area contributed by atoms with Gasteiger partial charge in [0.15, 0.2) is 0 Å². The predicted molar refractivity (Wildman–Crippen MR) is 102 cm³/mol. The third kappa shape index (κ3) is 4.68. The van der Waals surface area contributed by atoms with Gasteiger partial charge in [-0.25, -0.2) is 14.8 Å². The molecule has 1 aliphatic heterocycles. The standard InChI is InChI=1S/C17H21ClN6O3/c1-10-7-20-16(22-13-6-11(18)8-19-15(13)27-2)23-14(10)21-12-4-3-5-24(9-12)17(25)26/h6-8,12H,3-5,9H2,1-2H3,(H,25,26)(H2,20,21,22,23). The smallest absolute Gasteiger partial charge is 0.407 e. The van der Waals surface area contributed by atoms with Crippen molar-refractivity contribution in [3.8, 4) is 5.88 Å². The lowest BCUT2D eigenvalue weighted by Gasteiger charge is -2.31. The first-order valence-corrected chi connectivity index (χ1v) is 8.88. The molecule has 0 spiro atoms. The Hall–Kier alpha value is -2.81. The van der Waals surface area contributed by atoms with E-state index in [-0.39, 0.29) is 6.04 Å². The maximum Gasteiger partial charge on any atom is 0.407 e. The fourth-order valence-corrected chi connectivity index (χ4v) is 3.07. The molecule has 1 unspecified atom stereocenters. The van der Waals surface area contributed by atoms with Gasteiger partial charge in [0.25, 0.3) is 0 Å². The highest BCUT2D eigenvalue weighted by atomic mass is 35.5. The molecule has 3 rings (SSSR count). The summed E-state index contributed by atoms with van der Waals surface area (Å²) >= 11 is 6.00. The van der Waals surface area contributed by atoms with Crippen LogP contribution in [0.5, 0.6) is 5.88 Å². The first-order chi connectivity index (χ1) is 13.0. The van der Waals surface area contributed by atoms with Crippen molar-refractivity contribution in [3.63, 3.8) is 0 Å². The molecule has 2 aromatic heterocycles. The van der Waals surface area contributed by atoms with Crippen molar-refractivity contribution in [3.05, 3.63) is 29.0 Å². The summed E-state index contributed by atoms with van der Waals surface area (Å²) in [4.78, 5) is 25.5. The number of hydrogen-bond acceptors (Lipinski definition) is 7. The number of carbonyl (C=O) groups is 1. The van der Waals surface area contributed by atoms with E-state index in [1.165, 1.54) is 18.2 Å². The van der Waals surface area contributed by atoms with E-state index in [9.17, 15) is 9.90 Å². The molecule has 1 saturated heterocycles. The van der Waals surface area contributed by atoms with Crippen LogP contribution in [0.15, 0.2) is 18.5 Å². The molecule has 9 nitrogen and oxygen atoms in total. The highest BCUT2D eigenvalue weighted by Gasteiger charge is 2.24. The molecule has 1 atom stereocenters. The van der Waals surface area contributed by atoms with E-state index < -0.39 is 6.09 Å². The van der Waals surface area contributed by atoms with Crippen molar-refractivity contribution in [1.82, 2.24) is 19.9 Å². The Labute approximate surface area is 161 Å². The Morgan fingerprint density at radius 1 is 1.41 bits per heavy atom. The molecule has 2 aromatic rings. The number of piperidine rings is 1. The number of amides is 1. The van der Waals surface area contributed by atoms with Gasteiger partial charge >= 0.3 is 6.09 Å². The van der Waals surface area contributed by atoms with Crippen LogP contribution in [0, 0.1) is 6.92 Å². The van der Waals surface area contributed by atoms with Crippen molar-refractivity contribution >= 4 is 35.1 Å². The Morgan fingerprint density at radius 3 is 2.96 bits per heavy atom. The SMILES string of the molecule is COc1ncc(Cl)cc1Nc1ncc(C)c(NC2CCCN(C(=O)O)C2)n1. The topological polar surface area (TPSA) is 112 Å². The number of likely N-dealkylation sites (tertiary alicyclic amines) is 1. The van der Waals surface area contributed by atoms with Gasteiger partial charge in [0.1, 0.15) is 11.5 Å². The zero-order valence-electron chi connectivity index (χ0n) is 15.1. The summed E-state index contributed by atoms with van der Waals surface area (Å²) < 4.78 is 5.22. The van der Waals surface area contributed by atoms with E-state index in [4.69, 9.17) is 16.3 Å². The molecule has 27 heavy (non-hydrogen) atoms. The number of rotatable bonds is 5. The number of hydrogen-bond donors (Lipinski definition) is 3. The van der Waals surface area contributed by atoms with E-state index >= 15 is 0 Å². The van der Waals surface area contributed by atoms with Crippen molar-refractivity contribution in [2.75, 3.05) is 30.8 Å². The molecule has 0 aliphatic carbocycles. The second kappa shape index (κ2) is 8.26. The van der Waals surface area contributed by atoms with Crippen LogP contribution < -0.4 is 15.4 Å². The van der Waals surface area contributed by atoms with Crippen LogP contribution >= 0.6 is 11.6 Å². The molecule has 0 radical (unpaired) electrons. The van der Waals surface area contributed by atoms with E-state index in [2.05, 4.69) is 25.6 Å². The summed E-state index contributed by atoms with van der Waals surface area (Å²) in [7, 11) is 1.52. The number of nitrogens with zero attached hydrogens (tertiary/aromatic N) is 4. The van der Waals surface area contributed by atoms with Gasteiger partial charge in [-0.1, -0.05) is 11.6 Å². The summed E-state index contributed by atoms with van der Waals surface area (Å²) in [5, 5.41) is 16.0. The molecule has 0 saturated carbocycles. The molecule has 144 valence electrons. The summed E-state index contributed by atoms with van der Waals surface area (Å²) in [6.45, 7) is 2.88. The number of aromatic nitrogens is 3. The van der Waals surface area contributed by atoms with Gasteiger partial charge in [0, 0.05) is 37.1 Å². The highest BCUT2D eigenvalue weighted by Crippen LogP contribution is 2.27. The zero-order valence-corrected chi connectivity index (χ0v) is 15.8. The highest BCUT2D eigenvalue weighted by molar-refractivity contribution is 6.30. The fourth-order valence-electron chi connectivity index (χ4n) is 2.91. The Balaban J connectivity index is 1.77. The molecule has 0 bridgehead atoms. The molecule has 1 amide bonds. The number of pyridine rings is 1. The lowest BCUT2D eigenvalue weighted by molar-refractivity contribution is 0.133. The van der Waals surface area contributed by atoms with Crippen LogP contribution in [-0.2, 0) is 0 Å². The minimum absolute atomic E-state index is 0.00123. The number of carboxylic acid groups (broad SMARTS) is 1. The molecular weight excluding hydrogens is 372 g/mol. The maximum absolute atomic E-state index is 11.2. The fraction of sp³-hybridized carbons (Fsp3) is 0.412. The summed E-state index contributed by atoms with van der Waals surface area (Å²) in [5.74, 6) is 1.39. The molecule has 1 aliphatic rings. The van der Waals surface area contributed by atoms with Crippen molar-refractivity contribution in [2.45, 2.75) is 25.8 Å². The largest absolute Gasteiger partial charge is 0.480 e. The first-order valence-electron chi connectivity index (χ1n) is 8.51. The van der Waals surface area contributed by atoms with Gasteiger partial charge in [-0.15, -0.1) is 0 Å². The average molecular weight is 393 g/mol. The average Bonchev–Trinajstić information content (AvgIpc) is 2.65. The minimum atomic E-state index is -0.899. The van der Waals surface area contributed by atoms with Gasteiger partial charge in [0.05, 0.1) is 12.1 Å². The molecular formula is C17H21ClN6O3. The van der Waals surface area contributed by atoms with Gasteiger partial charge in [-0.05, 0) is 25.8 Å². The van der Waals surface area contributed by atoms with Gasteiger partial charge < -0.3 is 25.4 Å². The summed E-state index contributed by atoms with van der Waals surface area (Å²) in [6, 6.07) is 1.67. The van der Waals surface area contributed by atoms with Crippen LogP contribution in [0.3, 0.4) is 0 Å². The second-order valence-electron chi connectivity index (χ2n) is 6.27. The number of aryl methyl sites for hydroxylation is 1. The first kappa shape index (κ1) is 19.0. The number of methoxy groups -OCH3 is 1. The Morgan fingerprint density at radius 2 is 2.22 bits per heavy atom. The molecule has 10 heteroatoms. The van der Waals surface area contributed by atoms with Crippen LogP contribution in [0.2, 0.25) is 5.02 Å². The Kier molecular flexibility index (Phi) is 5.80. The number of ether oxygens (including phenoxy) is 1. The van der Waals surface area contributed by atoms with Crippen molar-refractivity contribution < 1.29 is 14.6 Å². The van der Waals surface area contributed by atoms with Gasteiger partial charge in [-0.3, -0.25) is 0 Å². The normalized spacial score (nSPS) is 16.7. The third-order valence-corrected chi connectivity index (χ3v) is 4.47. The lowest BCUT2D eigenvalue weighted by atomic mass is 10.1. The van der Waals surface area contributed by atoms with E-state index in [0.29, 0.717) is 41.4 Å². The van der Waals surface area contributed by atoms with Crippen molar-refractivity contribution in [2.24, 2.45) is 0 Å². The molecule has 0 aromatic carbocycles. The van der Waals surface area contributed by atoms with E-state index in [0.717, 1.165) is 18.4 Å². The van der Waals surface area contributed by atoms with Gasteiger partial charge in [0.2, 0.25) is 11.8 Å². The number of halogens is 1. The van der Waals surface area contributed by atoms with Gasteiger partial charge in [-0.2, -0.15) is 4.98 Å². The van der Waals surface area contributed by atoms with Crippen LogP contribution in [0.25, 0.3) is 0 Å². The quantitative estimate of drug-likeness (QED) is 0.711. The van der Waals surface area contributed by atoms with Crippen LogP contribution in [0.1, 0.15) is 18.4 Å². The zero-order chi connectivity index (χ0) is 19.4. The summed E-state index contributed by atoms with van der Waals surface area (Å²) in [6.07, 6.45) is 3.97. The van der Waals surface area contributed by atoms with Crippen LogP contribution in [0.4, 0.5) is 22.2 Å². The predicted octanol–water partition coefficient (Wildman–Crippen LogP) is 3.14. The maximum atomic E-state index is 11.2. The lowest BCUT2D eigenvalue weighted by Crippen LogP contribution is -2.44. The van der Waals surface area contributed by atoms with E-state index in [1.54, 1.807) is 12.3 Å². The van der Waals surface area contributed by atoms with Crippen LogP contribution in [-0.4, -0.2) is 57.3 Å². The van der Waals surface area contributed by atoms with Crippen molar-refractivity contribution in [1.29, 1.82) is 0 Å². The van der Waals surface area contributed by atoms with E-state index in [1.807, 2.05) is 6.92 Å². The molecule has 3 heterocycles. The molecule has 3 N–H and O–H groups in total. The number of anilines is 3.